The number of thioether (sulfide) groups is 1. The highest BCUT2D eigenvalue weighted by Gasteiger charge is 2.24. The molecule has 25 heavy (non-hydrogen) atoms. The molecular formula is C19H14ClF2NOS. The molecular weight excluding hydrogens is 364 g/mol. The van der Waals surface area contributed by atoms with Gasteiger partial charge in [0.1, 0.15) is 23.1 Å². The molecule has 0 saturated heterocycles. The third-order valence-electron chi connectivity index (χ3n) is 3.58. The molecule has 1 aromatic heterocycles. The molecule has 0 radical (unpaired) electrons. The largest absolute Gasteiger partial charge is 0.495 e. The zero-order valence-corrected chi connectivity index (χ0v) is 14.8. The van der Waals surface area contributed by atoms with E-state index in [0.29, 0.717) is 16.5 Å². The summed E-state index contributed by atoms with van der Waals surface area (Å²) in [4.78, 5) is 5.20. The van der Waals surface area contributed by atoms with E-state index in [1.807, 2.05) is 12.1 Å². The Morgan fingerprint density at radius 3 is 2.56 bits per heavy atom. The number of aromatic nitrogens is 1. The second kappa shape index (κ2) is 7.85. The Bertz CT molecular complexity index is 874. The van der Waals surface area contributed by atoms with E-state index in [9.17, 15) is 8.78 Å². The Labute approximate surface area is 153 Å². The lowest BCUT2D eigenvalue weighted by atomic mass is 10.1. The lowest BCUT2D eigenvalue weighted by molar-refractivity contribution is 0.407. The number of rotatable bonds is 5. The summed E-state index contributed by atoms with van der Waals surface area (Å²) in [7, 11) is 1.52. The first kappa shape index (κ1) is 17.7. The molecule has 0 aliphatic rings. The number of hydrogen-bond donors (Lipinski definition) is 0. The zero-order valence-electron chi connectivity index (χ0n) is 13.2. The van der Waals surface area contributed by atoms with Gasteiger partial charge in [0, 0.05) is 21.7 Å². The van der Waals surface area contributed by atoms with Crippen molar-refractivity contribution >= 4 is 23.4 Å². The van der Waals surface area contributed by atoms with E-state index in [-0.39, 0.29) is 5.56 Å². The molecule has 6 heteroatoms. The van der Waals surface area contributed by atoms with E-state index < -0.39 is 16.9 Å². The van der Waals surface area contributed by atoms with E-state index in [1.165, 1.54) is 24.9 Å². The minimum absolute atomic E-state index is 0.206. The molecule has 0 saturated carbocycles. The van der Waals surface area contributed by atoms with Crippen LogP contribution >= 0.6 is 23.4 Å². The van der Waals surface area contributed by atoms with E-state index in [0.717, 1.165) is 17.0 Å². The molecule has 2 aromatic carbocycles. The number of ether oxygens (including phenoxy) is 1. The number of nitrogens with zero attached hydrogens (tertiary/aromatic N) is 1. The smallest absolute Gasteiger partial charge is 0.141 e. The maximum atomic E-state index is 14.4. The number of hydrogen-bond acceptors (Lipinski definition) is 3. The monoisotopic (exact) mass is 377 g/mol. The Balaban J connectivity index is 2.10. The predicted octanol–water partition coefficient (Wildman–Crippen LogP) is 5.90. The molecule has 128 valence electrons. The lowest BCUT2D eigenvalue weighted by Gasteiger charge is -2.19. The fourth-order valence-corrected chi connectivity index (χ4v) is 3.69. The van der Waals surface area contributed by atoms with Gasteiger partial charge in [-0.05, 0) is 54.6 Å². The maximum Gasteiger partial charge on any atom is 0.141 e. The van der Waals surface area contributed by atoms with Crippen LogP contribution in [0.2, 0.25) is 5.02 Å². The highest BCUT2D eigenvalue weighted by molar-refractivity contribution is 7.99. The van der Waals surface area contributed by atoms with E-state index in [2.05, 4.69) is 4.98 Å². The van der Waals surface area contributed by atoms with Crippen LogP contribution in [-0.4, -0.2) is 12.1 Å². The lowest BCUT2D eigenvalue weighted by Crippen LogP contribution is -2.05. The molecule has 0 spiro atoms. The molecule has 0 amide bonds. The van der Waals surface area contributed by atoms with Crippen molar-refractivity contribution in [3.63, 3.8) is 0 Å². The molecule has 0 N–H and O–H groups in total. The molecule has 3 aromatic rings. The van der Waals surface area contributed by atoms with Crippen LogP contribution in [0.4, 0.5) is 8.78 Å². The van der Waals surface area contributed by atoms with Crippen molar-refractivity contribution in [2.75, 3.05) is 7.11 Å². The predicted molar refractivity (Wildman–Crippen MR) is 96.3 cm³/mol. The van der Waals surface area contributed by atoms with Crippen molar-refractivity contribution < 1.29 is 13.5 Å². The standard InChI is InChI=1S/C19H14ClF2NOS/c1-24-17-3-2-10-23-18(17)19(15-11-13(21)6-9-16(15)22)25-14-7-4-12(20)5-8-14/h2-11,19H,1H3. The summed E-state index contributed by atoms with van der Waals surface area (Å²) < 4.78 is 33.6. The highest BCUT2D eigenvalue weighted by atomic mass is 35.5. The molecule has 1 unspecified atom stereocenters. The molecule has 1 atom stereocenters. The highest BCUT2D eigenvalue weighted by Crippen LogP contribution is 2.44. The average molecular weight is 378 g/mol. The van der Waals surface area contributed by atoms with Crippen molar-refractivity contribution in [2.45, 2.75) is 10.1 Å². The fraction of sp³-hybridized carbons (Fsp3) is 0.105. The third kappa shape index (κ3) is 4.11. The first-order valence-corrected chi connectivity index (χ1v) is 8.70. The number of benzene rings is 2. The fourth-order valence-electron chi connectivity index (χ4n) is 2.40. The average Bonchev–Trinajstić information content (AvgIpc) is 2.63. The van der Waals surface area contributed by atoms with Crippen LogP contribution in [0.25, 0.3) is 0 Å². The van der Waals surface area contributed by atoms with Crippen molar-refractivity contribution in [2.24, 2.45) is 0 Å². The molecule has 2 nitrogen and oxygen atoms in total. The molecule has 1 heterocycles. The van der Waals surface area contributed by atoms with Crippen LogP contribution in [0.15, 0.2) is 65.7 Å². The molecule has 0 fully saturated rings. The quantitative estimate of drug-likeness (QED) is 0.516. The summed E-state index contributed by atoms with van der Waals surface area (Å²) in [6.45, 7) is 0. The number of pyridine rings is 1. The summed E-state index contributed by atoms with van der Waals surface area (Å²) in [6.07, 6.45) is 1.60. The first-order chi connectivity index (χ1) is 12.1. The second-order valence-electron chi connectivity index (χ2n) is 5.21. The first-order valence-electron chi connectivity index (χ1n) is 7.44. The van der Waals surface area contributed by atoms with Crippen LogP contribution < -0.4 is 4.74 Å². The van der Waals surface area contributed by atoms with E-state index in [1.54, 1.807) is 30.5 Å². The van der Waals surface area contributed by atoms with Gasteiger partial charge in [0.05, 0.1) is 12.4 Å². The van der Waals surface area contributed by atoms with Gasteiger partial charge in [-0.1, -0.05) is 11.6 Å². The van der Waals surface area contributed by atoms with Gasteiger partial charge in [0.2, 0.25) is 0 Å². The van der Waals surface area contributed by atoms with Crippen molar-refractivity contribution in [3.8, 4) is 5.75 Å². The van der Waals surface area contributed by atoms with Gasteiger partial charge < -0.3 is 4.74 Å². The van der Waals surface area contributed by atoms with Crippen LogP contribution in [-0.2, 0) is 0 Å². The molecule has 0 aliphatic carbocycles. The van der Waals surface area contributed by atoms with Crippen molar-refractivity contribution in [3.05, 3.63) is 88.7 Å². The minimum atomic E-state index is -0.576. The molecule has 3 rings (SSSR count). The Kier molecular flexibility index (Phi) is 5.56. The van der Waals surface area contributed by atoms with Crippen LogP contribution in [0.3, 0.4) is 0 Å². The van der Waals surface area contributed by atoms with Crippen molar-refractivity contribution in [1.82, 2.24) is 4.98 Å². The summed E-state index contributed by atoms with van der Waals surface area (Å²) in [5, 5.41) is 0.0290. The summed E-state index contributed by atoms with van der Waals surface area (Å²) in [5.41, 5.74) is 0.728. The maximum absolute atomic E-state index is 14.4. The molecule has 0 bridgehead atoms. The van der Waals surface area contributed by atoms with Crippen molar-refractivity contribution in [1.29, 1.82) is 0 Å². The molecule has 0 aliphatic heterocycles. The van der Waals surface area contributed by atoms with Gasteiger partial charge in [-0.3, -0.25) is 4.98 Å². The van der Waals surface area contributed by atoms with E-state index >= 15 is 0 Å². The number of halogens is 3. The Morgan fingerprint density at radius 1 is 1.08 bits per heavy atom. The summed E-state index contributed by atoms with van der Waals surface area (Å²) in [6, 6.07) is 14.0. The minimum Gasteiger partial charge on any atom is -0.495 e. The van der Waals surface area contributed by atoms with Gasteiger partial charge in [0.15, 0.2) is 0 Å². The normalized spacial score (nSPS) is 12.0. The summed E-state index contributed by atoms with van der Waals surface area (Å²) in [5.74, 6) is -0.494. The van der Waals surface area contributed by atoms with Gasteiger partial charge in [0.25, 0.3) is 0 Å². The van der Waals surface area contributed by atoms with Crippen LogP contribution in [0.1, 0.15) is 16.5 Å². The van der Waals surface area contributed by atoms with Gasteiger partial charge >= 0.3 is 0 Å². The number of methoxy groups -OCH3 is 1. The zero-order chi connectivity index (χ0) is 17.8. The Hall–Kier alpha value is -2.11. The topological polar surface area (TPSA) is 22.1 Å². The SMILES string of the molecule is COc1cccnc1C(Sc1ccc(Cl)cc1)c1cc(F)ccc1F. The van der Waals surface area contributed by atoms with Gasteiger partial charge in [-0.25, -0.2) is 8.78 Å². The summed E-state index contributed by atoms with van der Waals surface area (Å²) >= 11 is 7.27. The van der Waals surface area contributed by atoms with Crippen LogP contribution in [0.5, 0.6) is 5.75 Å². The van der Waals surface area contributed by atoms with Gasteiger partial charge in [-0.15, -0.1) is 11.8 Å². The third-order valence-corrected chi connectivity index (χ3v) is 5.09. The second-order valence-corrected chi connectivity index (χ2v) is 6.82. The Morgan fingerprint density at radius 2 is 1.84 bits per heavy atom. The van der Waals surface area contributed by atoms with Gasteiger partial charge in [-0.2, -0.15) is 0 Å². The van der Waals surface area contributed by atoms with E-state index in [4.69, 9.17) is 16.3 Å². The van der Waals surface area contributed by atoms with Crippen LogP contribution in [0, 0.1) is 11.6 Å².